The Bertz CT molecular complexity index is 1450. The average Bonchev–Trinajstić information content (AvgIpc) is 3.58. The Labute approximate surface area is 289 Å². The monoisotopic (exact) mass is 674 g/mol. The molecule has 3 aromatic rings. The number of ether oxygens (including phenoxy) is 2. The zero-order valence-corrected chi connectivity index (χ0v) is 28.6. The first kappa shape index (κ1) is 37.4. The van der Waals surface area contributed by atoms with E-state index in [1.165, 1.54) is 4.90 Å². The van der Waals surface area contributed by atoms with E-state index in [4.69, 9.17) is 9.47 Å². The lowest BCUT2D eigenvalue weighted by atomic mass is 9.99. The Kier molecular flexibility index (Phi) is 14.0. The molecule has 49 heavy (non-hydrogen) atoms. The minimum atomic E-state index is -1.04. The normalized spacial score (nSPS) is 17.0. The van der Waals surface area contributed by atoms with E-state index < -0.39 is 48.1 Å². The number of alkyl carbamates (subject to hydrolysis) is 1. The van der Waals surface area contributed by atoms with Crippen molar-refractivity contribution in [1.29, 1.82) is 0 Å². The predicted octanol–water partition coefficient (Wildman–Crippen LogP) is 3.96. The van der Waals surface area contributed by atoms with E-state index in [9.17, 15) is 24.6 Å². The highest BCUT2D eigenvalue weighted by Crippen LogP contribution is 2.20. The molecule has 0 radical (unpaired) electrons. The van der Waals surface area contributed by atoms with Crippen molar-refractivity contribution in [3.05, 3.63) is 108 Å². The number of aliphatic hydroxyl groups is 2. The van der Waals surface area contributed by atoms with Crippen LogP contribution >= 0.6 is 0 Å². The zero-order valence-electron chi connectivity index (χ0n) is 28.6. The number of rotatable bonds is 15. The van der Waals surface area contributed by atoms with Crippen LogP contribution in [0.4, 0.5) is 9.59 Å². The van der Waals surface area contributed by atoms with Crippen LogP contribution in [0.5, 0.6) is 0 Å². The summed E-state index contributed by atoms with van der Waals surface area (Å²) in [5.41, 5.74) is 2.00. The van der Waals surface area contributed by atoms with Crippen LogP contribution in [0.1, 0.15) is 50.3 Å². The summed E-state index contributed by atoms with van der Waals surface area (Å²) in [6.07, 6.45) is -1.39. The largest absolute Gasteiger partial charge is 0.445 e. The smallest absolute Gasteiger partial charge is 0.410 e. The van der Waals surface area contributed by atoms with E-state index in [1.807, 2.05) is 91.0 Å². The molecule has 1 fully saturated rings. The van der Waals surface area contributed by atoms with Gasteiger partial charge in [-0.2, -0.15) is 0 Å². The molecule has 264 valence electrons. The summed E-state index contributed by atoms with van der Waals surface area (Å²) in [6, 6.07) is 26.3. The van der Waals surface area contributed by atoms with Crippen LogP contribution in [0.15, 0.2) is 91.0 Å². The number of nitrogens with one attached hydrogen (secondary N) is 3. The molecule has 11 nitrogen and oxygen atoms in total. The van der Waals surface area contributed by atoms with Gasteiger partial charge in [0, 0.05) is 19.6 Å². The maximum Gasteiger partial charge on any atom is 0.410 e. The molecule has 0 saturated carbocycles. The van der Waals surface area contributed by atoms with Crippen LogP contribution in [-0.2, 0) is 33.7 Å². The molecule has 3 aromatic carbocycles. The second kappa shape index (κ2) is 18.4. The number of benzene rings is 3. The van der Waals surface area contributed by atoms with Crippen molar-refractivity contribution in [2.45, 2.75) is 89.0 Å². The van der Waals surface area contributed by atoms with Gasteiger partial charge in [-0.1, -0.05) is 91.0 Å². The molecule has 0 aromatic heterocycles. The molecular weight excluding hydrogens is 624 g/mol. The lowest BCUT2D eigenvalue weighted by Gasteiger charge is -2.30. The van der Waals surface area contributed by atoms with Gasteiger partial charge in [0.15, 0.2) is 0 Å². The molecule has 0 unspecified atom stereocenters. The van der Waals surface area contributed by atoms with Gasteiger partial charge in [-0.05, 0) is 63.1 Å². The predicted molar refractivity (Wildman–Crippen MR) is 187 cm³/mol. The van der Waals surface area contributed by atoms with Gasteiger partial charge in [-0.25, -0.2) is 9.59 Å². The highest BCUT2D eigenvalue weighted by molar-refractivity contribution is 5.86. The van der Waals surface area contributed by atoms with Crippen molar-refractivity contribution in [1.82, 2.24) is 20.9 Å². The van der Waals surface area contributed by atoms with Crippen molar-refractivity contribution in [2.24, 2.45) is 0 Å². The number of likely N-dealkylation sites (tertiary alicyclic amines) is 1. The van der Waals surface area contributed by atoms with Crippen molar-refractivity contribution in [3.63, 3.8) is 0 Å². The Hall–Kier alpha value is -4.45. The maximum absolute atomic E-state index is 13.6. The SMILES string of the molecule is CC(C)(C)OC(=O)N[C@@H](Cc1ccccc1)[C@H](O)CNC[C@@H](O)[C@H](Cc1ccccc1)NC(=O)[C@@H]1CCCN1C(=O)OCc1ccccc1. The third-order valence-corrected chi connectivity index (χ3v) is 8.26. The summed E-state index contributed by atoms with van der Waals surface area (Å²) in [5.74, 6) is -0.362. The third-order valence-electron chi connectivity index (χ3n) is 8.26. The number of amides is 3. The second-order valence-electron chi connectivity index (χ2n) is 13.4. The molecular formula is C38H50N4O7. The first-order valence-electron chi connectivity index (χ1n) is 16.9. The number of hydrogen-bond acceptors (Lipinski definition) is 8. The number of nitrogens with zero attached hydrogens (tertiary/aromatic N) is 1. The summed E-state index contributed by atoms with van der Waals surface area (Å²) < 4.78 is 10.9. The van der Waals surface area contributed by atoms with Gasteiger partial charge < -0.3 is 35.6 Å². The minimum Gasteiger partial charge on any atom is -0.445 e. The molecule has 0 aliphatic carbocycles. The summed E-state index contributed by atoms with van der Waals surface area (Å²) in [4.78, 5) is 40.6. The number of hydrogen-bond donors (Lipinski definition) is 5. The number of carbonyl (C=O) groups is 3. The fourth-order valence-electron chi connectivity index (χ4n) is 5.76. The Morgan fingerprint density at radius 1 is 0.776 bits per heavy atom. The van der Waals surface area contributed by atoms with Crippen LogP contribution in [0.25, 0.3) is 0 Å². The molecule has 4 rings (SSSR count). The van der Waals surface area contributed by atoms with Crippen molar-refractivity contribution < 1.29 is 34.1 Å². The summed E-state index contributed by atoms with van der Waals surface area (Å²) in [6.45, 7) is 5.92. The van der Waals surface area contributed by atoms with Gasteiger partial charge in [0.2, 0.25) is 5.91 Å². The molecule has 5 atom stereocenters. The molecule has 11 heteroatoms. The molecule has 1 aliphatic heterocycles. The Balaban J connectivity index is 1.37. The Morgan fingerprint density at radius 2 is 1.27 bits per heavy atom. The first-order chi connectivity index (χ1) is 23.5. The van der Waals surface area contributed by atoms with Gasteiger partial charge in [0.25, 0.3) is 0 Å². The van der Waals surface area contributed by atoms with E-state index in [0.29, 0.717) is 32.2 Å². The van der Waals surface area contributed by atoms with Crippen LogP contribution in [-0.4, -0.2) is 88.8 Å². The van der Waals surface area contributed by atoms with E-state index in [2.05, 4.69) is 16.0 Å². The van der Waals surface area contributed by atoms with Gasteiger partial charge >= 0.3 is 12.2 Å². The molecule has 3 amide bonds. The van der Waals surface area contributed by atoms with E-state index in [0.717, 1.165) is 16.7 Å². The van der Waals surface area contributed by atoms with Crippen LogP contribution in [0.3, 0.4) is 0 Å². The Morgan fingerprint density at radius 3 is 1.78 bits per heavy atom. The van der Waals surface area contributed by atoms with Gasteiger partial charge in [0.05, 0.1) is 24.3 Å². The summed E-state index contributed by atoms with van der Waals surface area (Å²) >= 11 is 0. The van der Waals surface area contributed by atoms with Gasteiger partial charge in [0.1, 0.15) is 18.2 Å². The lowest BCUT2D eigenvalue weighted by Crippen LogP contribution is -2.55. The van der Waals surface area contributed by atoms with Crippen molar-refractivity contribution in [2.75, 3.05) is 19.6 Å². The number of aliphatic hydroxyl groups excluding tert-OH is 2. The highest BCUT2D eigenvalue weighted by atomic mass is 16.6. The molecule has 0 bridgehead atoms. The van der Waals surface area contributed by atoms with E-state index >= 15 is 0 Å². The summed E-state index contributed by atoms with van der Waals surface area (Å²) in [7, 11) is 0. The fraction of sp³-hybridized carbons (Fsp3) is 0.447. The maximum atomic E-state index is 13.6. The zero-order chi connectivity index (χ0) is 35.2. The third kappa shape index (κ3) is 12.5. The van der Waals surface area contributed by atoms with E-state index in [-0.39, 0.29) is 25.6 Å². The fourth-order valence-corrected chi connectivity index (χ4v) is 5.76. The van der Waals surface area contributed by atoms with Gasteiger partial charge in [-0.15, -0.1) is 0 Å². The molecule has 1 aliphatic rings. The second-order valence-corrected chi connectivity index (χ2v) is 13.4. The quantitative estimate of drug-likeness (QED) is 0.163. The average molecular weight is 675 g/mol. The van der Waals surface area contributed by atoms with Gasteiger partial charge in [-0.3, -0.25) is 9.69 Å². The minimum absolute atomic E-state index is 0.0484. The topological polar surface area (TPSA) is 149 Å². The number of carbonyl (C=O) groups excluding carboxylic acids is 3. The molecule has 1 heterocycles. The van der Waals surface area contributed by atoms with E-state index in [1.54, 1.807) is 20.8 Å². The first-order valence-corrected chi connectivity index (χ1v) is 16.9. The summed E-state index contributed by atoms with van der Waals surface area (Å²) in [5, 5.41) is 31.4. The molecule has 5 N–H and O–H groups in total. The lowest BCUT2D eigenvalue weighted by molar-refractivity contribution is -0.126. The van der Waals surface area contributed by atoms with Crippen molar-refractivity contribution >= 4 is 18.1 Å². The highest BCUT2D eigenvalue weighted by Gasteiger charge is 2.37. The standard InChI is InChI=1S/C38H50N4O7/c1-38(2,3)49-36(46)41-31(23-28-16-9-5-10-17-28)34(44)25-39-24-33(43)30(22-27-14-7-4-8-15-27)40-35(45)32-20-13-21-42(32)37(47)48-26-29-18-11-6-12-19-29/h4-12,14-19,30-34,39,43-44H,13,20-26H2,1-3H3,(H,40,45)(H,41,46)/t30-,31-,32-,33+,34+/m0/s1. The molecule has 0 spiro atoms. The van der Waals surface area contributed by atoms with Crippen LogP contribution in [0.2, 0.25) is 0 Å². The van der Waals surface area contributed by atoms with Crippen LogP contribution in [0, 0.1) is 0 Å². The van der Waals surface area contributed by atoms with Crippen molar-refractivity contribution in [3.8, 4) is 0 Å². The van der Waals surface area contributed by atoms with Crippen LogP contribution < -0.4 is 16.0 Å². The molecule has 1 saturated heterocycles.